The Labute approximate surface area is 166 Å². The molecule has 0 saturated carbocycles. The van der Waals surface area contributed by atoms with Crippen molar-refractivity contribution >= 4 is 57.1 Å². The van der Waals surface area contributed by atoms with Gasteiger partial charge in [0.25, 0.3) is 5.56 Å². The van der Waals surface area contributed by atoms with E-state index in [1.165, 1.54) is 0 Å². The van der Waals surface area contributed by atoms with Crippen LogP contribution in [0.25, 0.3) is 10.9 Å². The van der Waals surface area contributed by atoms with Crippen LogP contribution in [0.15, 0.2) is 47.3 Å². The fraction of sp³-hybridized carbons (Fsp3) is 0.167. The van der Waals surface area contributed by atoms with Crippen molar-refractivity contribution in [3.63, 3.8) is 0 Å². The van der Waals surface area contributed by atoms with Crippen LogP contribution in [0.4, 0.5) is 5.69 Å². The summed E-state index contributed by atoms with van der Waals surface area (Å²) >= 11 is 17.4. The van der Waals surface area contributed by atoms with Crippen molar-refractivity contribution in [2.24, 2.45) is 0 Å². The molecular formula is C18H16Cl2N4OS. The van der Waals surface area contributed by atoms with Gasteiger partial charge in [-0.1, -0.05) is 23.2 Å². The maximum absolute atomic E-state index is 12.3. The van der Waals surface area contributed by atoms with Gasteiger partial charge in [-0.25, -0.2) is 4.98 Å². The van der Waals surface area contributed by atoms with Gasteiger partial charge in [0.1, 0.15) is 5.82 Å². The van der Waals surface area contributed by atoms with Crippen molar-refractivity contribution < 1.29 is 0 Å². The molecule has 2 N–H and O–H groups in total. The highest BCUT2D eigenvalue weighted by Gasteiger charge is 2.12. The number of rotatable bonds is 4. The highest BCUT2D eigenvalue weighted by atomic mass is 35.5. The molecule has 134 valence electrons. The van der Waals surface area contributed by atoms with Crippen LogP contribution in [0.3, 0.4) is 0 Å². The van der Waals surface area contributed by atoms with Gasteiger partial charge in [-0.3, -0.25) is 4.79 Å². The minimum Gasteiger partial charge on any atom is -0.342 e. The molecule has 1 heterocycles. The molecule has 0 amide bonds. The lowest BCUT2D eigenvalue weighted by molar-refractivity contribution is 0.429. The zero-order valence-electron chi connectivity index (χ0n) is 13.9. The van der Waals surface area contributed by atoms with Crippen molar-refractivity contribution in [3.05, 3.63) is 68.7 Å². The highest BCUT2D eigenvalue weighted by Crippen LogP contribution is 2.16. The highest BCUT2D eigenvalue weighted by molar-refractivity contribution is 7.80. The van der Waals surface area contributed by atoms with Crippen molar-refractivity contribution in [3.8, 4) is 0 Å². The Morgan fingerprint density at radius 2 is 1.88 bits per heavy atom. The summed E-state index contributed by atoms with van der Waals surface area (Å²) in [6, 6.07) is 12.3. The van der Waals surface area contributed by atoms with Crippen molar-refractivity contribution in [2.45, 2.75) is 13.5 Å². The van der Waals surface area contributed by atoms with Gasteiger partial charge in [0.2, 0.25) is 0 Å². The van der Waals surface area contributed by atoms with Gasteiger partial charge in [0.15, 0.2) is 5.11 Å². The van der Waals surface area contributed by atoms with E-state index in [4.69, 9.17) is 35.4 Å². The Morgan fingerprint density at radius 1 is 1.19 bits per heavy atom. The van der Waals surface area contributed by atoms with Gasteiger partial charge in [0, 0.05) is 22.3 Å². The van der Waals surface area contributed by atoms with Gasteiger partial charge in [-0.15, -0.1) is 0 Å². The normalized spacial score (nSPS) is 10.7. The van der Waals surface area contributed by atoms with Gasteiger partial charge < -0.3 is 15.2 Å². The number of nitrogens with zero attached hydrogens (tertiary/aromatic N) is 2. The molecule has 0 radical (unpaired) electrons. The first-order valence-corrected chi connectivity index (χ1v) is 9.12. The zero-order chi connectivity index (χ0) is 18.7. The Bertz CT molecular complexity index is 1000. The quantitative estimate of drug-likeness (QED) is 0.626. The molecule has 0 spiro atoms. The Kier molecular flexibility index (Phi) is 5.76. The van der Waals surface area contributed by atoms with E-state index in [0.29, 0.717) is 45.0 Å². The summed E-state index contributed by atoms with van der Waals surface area (Å²) in [4.78, 5) is 21.5. The third-order valence-corrected chi connectivity index (χ3v) is 4.67. The molecule has 0 aliphatic rings. The molecule has 0 saturated heterocycles. The smallest absolute Gasteiger partial charge is 0.258 e. The van der Waals surface area contributed by atoms with Crippen LogP contribution < -0.4 is 10.9 Å². The van der Waals surface area contributed by atoms with Crippen LogP contribution in [0.5, 0.6) is 0 Å². The molecule has 5 nitrogen and oxygen atoms in total. The lowest BCUT2D eigenvalue weighted by Gasteiger charge is -2.24. The molecule has 0 bridgehead atoms. The SMILES string of the molecule is CCN(Cc1nc2cc(Cl)ccc2c(=O)[nH]1)C(=S)Nc1ccc(Cl)cc1. The minimum atomic E-state index is -0.200. The molecule has 0 aliphatic heterocycles. The van der Waals surface area contributed by atoms with Crippen molar-refractivity contribution in [2.75, 3.05) is 11.9 Å². The topological polar surface area (TPSA) is 61.0 Å². The van der Waals surface area contributed by atoms with Crippen LogP contribution >= 0.6 is 35.4 Å². The summed E-state index contributed by atoms with van der Waals surface area (Å²) in [5.74, 6) is 0.520. The van der Waals surface area contributed by atoms with Gasteiger partial charge in [-0.05, 0) is 61.6 Å². The number of benzene rings is 2. The van der Waals surface area contributed by atoms with Crippen LogP contribution in [0.1, 0.15) is 12.7 Å². The summed E-state index contributed by atoms with van der Waals surface area (Å²) in [5, 5.41) is 5.39. The van der Waals surface area contributed by atoms with E-state index in [1.54, 1.807) is 30.3 Å². The number of aromatic nitrogens is 2. The van der Waals surface area contributed by atoms with Crippen LogP contribution in [0.2, 0.25) is 10.0 Å². The Balaban J connectivity index is 1.81. The first-order chi connectivity index (χ1) is 12.5. The van der Waals surface area contributed by atoms with Gasteiger partial charge in [0.05, 0.1) is 17.4 Å². The first kappa shape index (κ1) is 18.6. The third kappa shape index (κ3) is 4.33. The molecule has 0 atom stereocenters. The lowest BCUT2D eigenvalue weighted by Crippen LogP contribution is -2.35. The molecule has 26 heavy (non-hydrogen) atoms. The van der Waals surface area contributed by atoms with Gasteiger partial charge in [-0.2, -0.15) is 0 Å². The van der Waals surface area contributed by atoms with E-state index < -0.39 is 0 Å². The number of H-pyrrole nitrogens is 1. The van der Waals surface area contributed by atoms with Crippen LogP contribution in [-0.2, 0) is 6.54 Å². The summed E-state index contributed by atoms with van der Waals surface area (Å²) in [6.45, 7) is 3.00. The molecular weight excluding hydrogens is 391 g/mol. The second-order valence-electron chi connectivity index (χ2n) is 5.63. The number of hydrogen-bond acceptors (Lipinski definition) is 3. The summed E-state index contributed by atoms with van der Waals surface area (Å²) < 4.78 is 0. The van der Waals surface area contributed by atoms with E-state index in [-0.39, 0.29) is 5.56 Å². The third-order valence-electron chi connectivity index (χ3n) is 3.82. The largest absolute Gasteiger partial charge is 0.342 e. The average Bonchev–Trinajstić information content (AvgIpc) is 2.61. The monoisotopic (exact) mass is 406 g/mol. The molecule has 3 rings (SSSR count). The standard InChI is InChI=1S/C18H16Cl2N4OS/c1-2-24(18(26)21-13-6-3-11(19)4-7-13)10-16-22-15-9-12(20)5-8-14(15)17(25)23-16/h3-9H,2,10H2,1H3,(H,21,26)(H,22,23,25). The maximum atomic E-state index is 12.3. The predicted molar refractivity (Wildman–Crippen MR) is 111 cm³/mol. The van der Waals surface area contributed by atoms with Crippen molar-refractivity contribution in [1.29, 1.82) is 0 Å². The number of aromatic amines is 1. The van der Waals surface area contributed by atoms with E-state index >= 15 is 0 Å². The second-order valence-corrected chi connectivity index (χ2v) is 6.88. The molecule has 3 aromatic rings. The fourth-order valence-corrected chi connectivity index (χ4v) is 3.08. The Hall–Kier alpha value is -2.15. The first-order valence-electron chi connectivity index (χ1n) is 7.96. The average molecular weight is 407 g/mol. The predicted octanol–water partition coefficient (Wildman–Crippen LogP) is 4.45. The fourth-order valence-electron chi connectivity index (χ4n) is 2.48. The lowest BCUT2D eigenvalue weighted by atomic mass is 10.2. The molecule has 2 aromatic carbocycles. The number of halogens is 2. The van der Waals surface area contributed by atoms with Gasteiger partial charge >= 0.3 is 0 Å². The van der Waals surface area contributed by atoms with E-state index in [1.807, 2.05) is 24.0 Å². The zero-order valence-corrected chi connectivity index (χ0v) is 16.3. The number of hydrogen-bond donors (Lipinski definition) is 2. The minimum absolute atomic E-state index is 0.200. The number of thiocarbonyl (C=S) groups is 1. The molecule has 8 heteroatoms. The van der Waals surface area contributed by atoms with E-state index in [0.717, 1.165) is 5.69 Å². The van der Waals surface area contributed by atoms with Crippen LogP contribution in [0, 0.1) is 0 Å². The van der Waals surface area contributed by atoms with E-state index in [9.17, 15) is 4.79 Å². The Morgan fingerprint density at radius 3 is 2.58 bits per heavy atom. The maximum Gasteiger partial charge on any atom is 0.258 e. The number of nitrogens with one attached hydrogen (secondary N) is 2. The summed E-state index contributed by atoms with van der Waals surface area (Å²) in [5.41, 5.74) is 1.20. The summed E-state index contributed by atoms with van der Waals surface area (Å²) in [7, 11) is 0. The molecule has 0 unspecified atom stereocenters. The second kappa shape index (κ2) is 8.03. The molecule has 0 fully saturated rings. The van der Waals surface area contributed by atoms with Crippen molar-refractivity contribution in [1.82, 2.24) is 14.9 Å². The number of fused-ring (bicyclic) bond motifs is 1. The van der Waals surface area contributed by atoms with Crippen LogP contribution in [-0.4, -0.2) is 26.5 Å². The number of anilines is 1. The molecule has 0 aliphatic carbocycles. The molecule has 1 aromatic heterocycles. The summed E-state index contributed by atoms with van der Waals surface area (Å²) in [6.07, 6.45) is 0. The van der Waals surface area contributed by atoms with E-state index in [2.05, 4.69) is 15.3 Å².